The van der Waals surface area contributed by atoms with Crippen molar-refractivity contribution in [2.24, 2.45) is 0 Å². The van der Waals surface area contributed by atoms with Crippen LogP contribution in [0.4, 0.5) is 5.69 Å². The van der Waals surface area contributed by atoms with Crippen LogP contribution in [0.5, 0.6) is 0 Å². The molecule has 1 atom stereocenters. The van der Waals surface area contributed by atoms with Gasteiger partial charge in [-0.15, -0.1) is 0 Å². The van der Waals surface area contributed by atoms with Crippen LogP contribution in [-0.4, -0.2) is 28.8 Å². The van der Waals surface area contributed by atoms with Gasteiger partial charge in [-0.05, 0) is 31.9 Å². The largest absolute Gasteiger partial charge is 0.478 e. The molecule has 4 heteroatoms. The first-order chi connectivity index (χ1) is 7.52. The third-order valence-corrected chi connectivity index (χ3v) is 2.37. The molecular formula is C12H17NO3. The molecule has 4 nitrogen and oxygen atoms in total. The fourth-order valence-corrected chi connectivity index (χ4v) is 1.49. The van der Waals surface area contributed by atoms with Crippen LogP contribution in [0, 0.1) is 6.92 Å². The van der Waals surface area contributed by atoms with Crippen LogP contribution < -0.4 is 5.32 Å². The number of hydrogen-bond acceptors (Lipinski definition) is 3. The molecule has 88 valence electrons. The summed E-state index contributed by atoms with van der Waals surface area (Å²) in [4.78, 5) is 11.0. The summed E-state index contributed by atoms with van der Waals surface area (Å²) in [5.74, 6) is -0.941. The lowest BCUT2D eigenvalue weighted by molar-refractivity contribution is 0.0698. The molecule has 0 aliphatic rings. The summed E-state index contributed by atoms with van der Waals surface area (Å²) in [6.07, 6.45) is 0.206. The second-order valence-corrected chi connectivity index (χ2v) is 3.87. The number of carbonyl (C=O) groups is 1. The second kappa shape index (κ2) is 5.51. The van der Waals surface area contributed by atoms with Crippen molar-refractivity contribution in [1.82, 2.24) is 0 Å². The van der Waals surface area contributed by atoms with Gasteiger partial charge in [0.2, 0.25) is 0 Å². The van der Waals surface area contributed by atoms with Gasteiger partial charge in [0.25, 0.3) is 0 Å². The number of carboxylic acids is 1. The Kier molecular flexibility index (Phi) is 4.31. The topological polar surface area (TPSA) is 69.6 Å². The molecule has 0 amide bonds. The first-order valence-corrected chi connectivity index (χ1v) is 5.27. The number of nitrogens with one attached hydrogen (secondary N) is 1. The molecule has 16 heavy (non-hydrogen) atoms. The number of aliphatic hydroxyl groups excluding tert-OH is 1. The van der Waals surface area contributed by atoms with E-state index in [-0.39, 0.29) is 11.7 Å². The van der Waals surface area contributed by atoms with Crippen molar-refractivity contribution in [2.45, 2.75) is 26.4 Å². The van der Waals surface area contributed by atoms with Gasteiger partial charge in [-0.1, -0.05) is 12.1 Å². The predicted molar refractivity (Wildman–Crippen MR) is 62.9 cm³/mol. The number of benzene rings is 1. The normalized spacial score (nSPS) is 12.2. The Balaban J connectivity index is 2.80. The number of rotatable bonds is 5. The highest BCUT2D eigenvalue weighted by molar-refractivity contribution is 5.95. The average molecular weight is 223 g/mol. The van der Waals surface area contributed by atoms with Crippen molar-refractivity contribution in [3.05, 3.63) is 29.3 Å². The van der Waals surface area contributed by atoms with E-state index in [1.54, 1.807) is 19.1 Å². The standard InChI is InChI=1S/C12H17NO3/c1-8-4-3-5-10(12(15)16)11(8)13-7-6-9(2)14/h3-5,9,13-14H,6-7H2,1-2H3,(H,15,16). The lowest BCUT2D eigenvalue weighted by Crippen LogP contribution is -2.13. The summed E-state index contributed by atoms with van der Waals surface area (Å²) >= 11 is 0. The third kappa shape index (κ3) is 3.24. The van der Waals surface area contributed by atoms with E-state index in [2.05, 4.69) is 5.32 Å². The van der Waals surface area contributed by atoms with Gasteiger partial charge < -0.3 is 15.5 Å². The van der Waals surface area contributed by atoms with Gasteiger partial charge in [0.15, 0.2) is 0 Å². The highest BCUT2D eigenvalue weighted by atomic mass is 16.4. The maximum atomic E-state index is 11.0. The van der Waals surface area contributed by atoms with Crippen molar-refractivity contribution < 1.29 is 15.0 Å². The minimum Gasteiger partial charge on any atom is -0.478 e. The number of aryl methyl sites for hydroxylation is 1. The molecule has 3 N–H and O–H groups in total. The predicted octanol–water partition coefficient (Wildman–Crippen LogP) is 1.88. The van der Waals surface area contributed by atoms with Crippen LogP contribution in [-0.2, 0) is 0 Å². The van der Waals surface area contributed by atoms with Gasteiger partial charge >= 0.3 is 5.97 Å². The smallest absolute Gasteiger partial charge is 0.337 e. The first-order valence-electron chi connectivity index (χ1n) is 5.27. The van der Waals surface area contributed by atoms with E-state index in [1.807, 2.05) is 13.0 Å². The monoisotopic (exact) mass is 223 g/mol. The van der Waals surface area contributed by atoms with Crippen molar-refractivity contribution in [3.8, 4) is 0 Å². The molecule has 1 aromatic carbocycles. The fourth-order valence-electron chi connectivity index (χ4n) is 1.49. The van der Waals surface area contributed by atoms with Crippen LogP contribution in [0.2, 0.25) is 0 Å². The summed E-state index contributed by atoms with van der Waals surface area (Å²) in [5, 5.41) is 21.2. The SMILES string of the molecule is Cc1cccc(C(=O)O)c1NCCC(C)O. The highest BCUT2D eigenvalue weighted by Gasteiger charge is 2.11. The minimum atomic E-state index is -0.941. The van der Waals surface area contributed by atoms with Crippen LogP contribution in [0.15, 0.2) is 18.2 Å². The Morgan fingerprint density at radius 3 is 2.75 bits per heavy atom. The molecule has 0 fully saturated rings. The number of hydrogen-bond donors (Lipinski definition) is 3. The summed E-state index contributed by atoms with van der Waals surface area (Å²) in [6.45, 7) is 4.12. The Labute approximate surface area is 94.9 Å². The number of aromatic carboxylic acids is 1. The Hall–Kier alpha value is -1.55. The van der Waals surface area contributed by atoms with Gasteiger partial charge in [-0.3, -0.25) is 0 Å². The molecule has 1 aromatic rings. The first kappa shape index (κ1) is 12.5. The van der Waals surface area contributed by atoms with E-state index in [1.165, 1.54) is 0 Å². The molecule has 1 unspecified atom stereocenters. The van der Waals surface area contributed by atoms with E-state index in [9.17, 15) is 4.79 Å². The zero-order valence-corrected chi connectivity index (χ0v) is 9.53. The van der Waals surface area contributed by atoms with Gasteiger partial charge in [0.1, 0.15) is 0 Å². The molecule has 0 saturated carbocycles. The summed E-state index contributed by atoms with van der Waals surface area (Å²) < 4.78 is 0. The Morgan fingerprint density at radius 2 is 2.19 bits per heavy atom. The van der Waals surface area contributed by atoms with E-state index in [4.69, 9.17) is 10.2 Å². The molecule has 0 bridgehead atoms. The second-order valence-electron chi connectivity index (χ2n) is 3.87. The number of anilines is 1. The maximum Gasteiger partial charge on any atom is 0.337 e. The highest BCUT2D eigenvalue weighted by Crippen LogP contribution is 2.20. The van der Waals surface area contributed by atoms with Gasteiger partial charge in [0.05, 0.1) is 17.4 Å². The maximum absolute atomic E-state index is 11.0. The van der Waals surface area contributed by atoms with Crippen LogP contribution in [0.1, 0.15) is 29.3 Å². The molecule has 0 aliphatic heterocycles. The number of para-hydroxylation sites is 1. The number of aliphatic hydroxyl groups is 1. The summed E-state index contributed by atoms with van der Waals surface area (Å²) in [7, 11) is 0. The summed E-state index contributed by atoms with van der Waals surface area (Å²) in [5.41, 5.74) is 1.80. The molecule has 0 aliphatic carbocycles. The average Bonchev–Trinajstić information content (AvgIpc) is 2.19. The van der Waals surface area contributed by atoms with Gasteiger partial charge in [0, 0.05) is 6.54 Å². The van der Waals surface area contributed by atoms with E-state index in [0.29, 0.717) is 18.7 Å². The molecule has 0 heterocycles. The molecule has 0 radical (unpaired) electrons. The minimum absolute atomic E-state index is 0.269. The summed E-state index contributed by atoms with van der Waals surface area (Å²) in [6, 6.07) is 5.15. The zero-order valence-electron chi connectivity index (χ0n) is 9.53. The zero-order chi connectivity index (χ0) is 12.1. The molecule has 0 spiro atoms. The van der Waals surface area contributed by atoms with E-state index in [0.717, 1.165) is 5.56 Å². The van der Waals surface area contributed by atoms with E-state index >= 15 is 0 Å². The molecule has 1 rings (SSSR count). The van der Waals surface area contributed by atoms with Crippen molar-refractivity contribution >= 4 is 11.7 Å². The quantitative estimate of drug-likeness (QED) is 0.712. The van der Waals surface area contributed by atoms with E-state index < -0.39 is 5.97 Å². The Bertz CT molecular complexity index is 375. The molecule has 0 saturated heterocycles. The number of carboxylic acid groups (broad SMARTS) is 1. The lowest BCUT2D eigenvalue weighted by Gasteiger charge is -2.13. The third-order valence-electron chi connectivity index (χ3n) is 2.37. The van der Waals surface area contributed by atoms with Crippen molar-refractivity contribution in [2.75, 3.05) is 11.9 Å². The van der Waals surface area contributed by atoms with Crippen molar-refractivity contribution in [3.63, 3.8) is 0 Å². The van der Waals surface area contributed by atoms with Gasteiger partial charge in [-0.2, -0.15) is 0 Å². The molecule has 0 aromatic heterocycles. The lowest BCUT2D eigenvalue weighted by atomic mass is 10.1. The van der Waals surface area contributed by atoms with Crippen LogP contribution in [0.25, 0.3) is 0 Å². The molecular weight excluding hydrogens is 206 g/mol. The Morgan fingerprint density at radius 1 is 1.50 bits per heavy atom. The van der Waals surface area contributed by atoms with Crippen LogP contribution >= 0.6 is 0 Å². The van der Waals surface area contributed by atoms with Crippen molar-refractivity contribution in [1.29, 1.82) is 0 Å². The van der Waals surface area contributed by atoms with Crippen LogP contribution in [0.3, 0.4) is 0 Å². The van der Waals surface area contributed by atoms with Gasteiger partial charge in [-0.25, -0.2) is 4.79 Å². The fraction of sp³-hybridized carbons (Fsp3) is 0.417.